The quantitative estimate of drug-likeness (QED) is 0.180. The molecule has 254 valence electrons. The molecule has 5 rings (SSSR count). The van der Waals surface area contributed by atoms with E-state index in [4.69, 9.17) is 23.6 Å². The molecule has 0 amide bonds. The number of halogens is 4. The van der Waals surface area contributed by atoms with Gasteiger partial charge >= 0.3 is 12.1 Å². The lowest BCUT2D eigenvalue weighted by atomic mass is 9.68. The number of carbonyl (C=O) groups excluding carboxylic acids is 1. The van der Waals surface area contributed by atoms with Crippen LogP contribution in [0.4, 0.5) is 17.6 Å². The molecule has 0 N–H and O–H groups in total. The molecule has 3 aliphatic rings. The molecule has 1 aliphatic carbocycles. The van der Waals surface area contributed by atoms with Crippen LogP contribution in [-0.2, 0) is 35.2 Å². The molecule has 0 unspecified atom stereocenters. The summed E-state index contributed by atoms with van der Waals surface area (Å²) in [5.41, 5.74) is 1.31. The number of nitrogens with zero attached hydrogens (tertiary/aromatic N) is 1. The number of fused-ring (bicyclic) bond motifs is 4. The van der Waals surface area contributed by atoms with Gasteiger partial charge in [0.05, 0.1) is 23.0 Å². The molecule has 3 heterocycles. The SMILES string of the molecule is CC(=O)O[C@@H]1c2nc(C(C)C)c3c(c2[C@@H](O[Si](C)(C)C(C)(C)C)CC1(C)C)C1(CCOCC1)O[C@@H]3c1ccc(C(F)(F)F)c(F)c1. The summed E-state index contributed by atoms with van der Waals surface area (Å²) in [5.74, 6) is -1.91. The van der Waals surface area contributed by atoms with Gasteiger partial charge in [0.25, 0.3) is 0 Å². The van der Waals surface area contributed by atoms with Crippen molar-refractivity contribution in [3.8, 4) is 0 Å². The van der Waals surface area contributed by atoms with Crippen molar-refractivity contribution < 1.29 is 41.0 Å². The summed E-state index contributed by atoms with van der Waals surface area (Å²) in [5, 5.41) is -0.105. The van der Waals surface area contributed by atoms with Crippen LogP contribution in [0.2, 0.25) is 18.1 Å². The van der Waals surface area contributed by atoms with Crippen LogP contribution < -0.4 is 0 Å². The van der Waals surface area contributed by atoms with Crippen molar-refractivity contribution in [1.82, 2.24) is 4.98 Å². The summed E-state index contributed by atoms with van der Waals surface area (Å²) in [7, 11) is -2.38. The summed E-state index contributed by atoms with van der Waals surface area (Å²) >= 11 is 0. The largest absolute Gasteiger partial charge is 0.455 e. The molecule has 0 bridgehead atoms. The van der Waals surface area contributed by atoms with Crippen LogP contribution in [0.25, 0.3) is 0 Å². The zero-order chi connectivity index (χ0) is 34.2. The van der Waals surface area contributed by atoms with Gasteiger partial charge in [0.15, 0.2) is 8.32 Å². The smallest absolute Gasteiger partial charge is 0.419 e. The van der Waals surface area contributed by atoms with E-state index in [2.05, 4.69) is 47.7 Å². The van der Waals surface area contributed by atoms with Gasteiger partial charge in [-0.1, -0.05) is 54.5 Å². The van der Waals surface area contributed by atoms with Crippen LogP contribution in [0.5, 0.6) is 0 Å². The number of hydrogen-bond acceptors (Lipinski definition) is 6. The highest BCUT2D eigenvalue weighted by Crippen LogP contribution is 2.61. The highest BCUT2D eigenvalue weighted by Gasteiger charge is 2.56. The average molecular weight is 666 g/mol. The van der Waals surface area contributed by atoms with Gasteiger partial charge in [-0.3, -0.25) is 9.78 Å². The molecule has 3 atom stereocenters. The Morgan fingerprint density at radius 3 is 2.24 bits per heavy atom. The minimum Gasteiger partial charge on any atom is -0.455 e. The Kier molecular flexibility index (Phi) is 8.87. The van der Waals surface area contributed by atoms with Gasteiger partial charge in [-0.25, -0.2) is 4.39 Å². The van der Waals surface area contributed by atoms with Crippen molar-refractivity contribution in [2.75, 3.05) is 13.2 Å². The standard InChI is InChI=1S/C35H47F4NO5Si/c1-19(2)28-26-27(34(13-15-42-16-14-34)44-30(26)21-11-12-22(23(36)17-21)35(37,38)39)25-24(45-46(9,10)32(4,5)6)18-33(7,8)31(29(25)40-28)43-20(3)41/h11-12,17,19,24,30-31H,13-16,18H2,1-10H3/t24-,30+,31+/m0/s1. The Morgan fingerprint density at radius 1 is 1.09 bits per heavy atom. The molecule has 11 heteroatoms. The summed E-state index contributed by atoms with van der Waals surface area (Å²) in [4.78, 5) is 17.8. The second kappa shape index (κ2) is 11.7. The lowest BCUT2D eigenvalue weighted by Gasteiger charge is -2.48. The number of ether oxygens (including phenoxy) is 3. The van der Waals surface area contributed by atoms with Gasteiger partial charge in [0, 0.05) is 55.2 Å². The average Bonchev–Trinajstić information content (AvgIpc) is 3.22. The molecule has 0 radical (unpaired) electrons. The fourth-order valence-corrected chi connectivity index (χ4v) is 8.28. The molecule has 1 aromatic heterocycles. The molecule has 2 aliphatic heterocycles. The van der Waals surface area contributed by atoms with Gasteiger partial charge in [0.1, 0.15) is 18.0 Å². The maximum Gasteiger partial charge on any atom is 0.419 e. The zero-order valence-corrected chi connectivity index (χ0v) is 29.6. The van der Waals surface area contributed by atoms with Gasteiger partial charge < -0.3 is 18.6 Å². The van der Waals surface area contributed by atoms with Crippen LogP contribution in [0.1, 0.15) is 138 Å². The third-order valence-corrected chi connectivity index (χ3v) is 14.8. The molecule has 1 spiro atoms. The van der Waals surface area contributed by atoms with Crippen molar-refractivity contribution >= 4 is 14.3 Å². The van der Waals surface area contributed by atoms with Crippen LogP contribution in [-0.4, -0.2) is 32.5 Å². The Hall–Kier alpha value is -2.34. The van der Waals surface area contributed by atoms with Crippen LogP contribution in [0.15, 0.2) is 18.2 Å². The number of carbonyl (C=O) groups is 1. The van der Waals surface area contributed by atoms with Crippen LogP contribution in [0, 0.1) is 11.2 Å². The third kappa shape index (κ3) is 6.05. The number of benzene rings is 1. The number of esters is 1. The molecule has 6 nitrogen and oxygen atoms in total. The highest BCUT2D eigenvalue weighted by molar-refractivity contribution is 6.74. The van der Waals surface area contributed by atoms with Crippen molar-refractivity contribution in [1.29, 1.82) is 0 Å². The molecule has 0 saturated carbocycles. The second-order valence-electron chi connectivity index (χ2n) is 15.6. The van der Waals surface area contributed by atoms with E-state index in [-0.39, 0.29) is 16.5 Å². The fraction of sp³-hybridized carbons (Fsp3) is 0.657. The monoisotopic (exact) mass is 665 g/mol. The first kappa shape index (κ1) is 35.0. The molecular weight excluding hydrogens is 618 g/mol. The number of rotatable bonds is 5. The molecule has 2 aromatic rings. The third-order valence-electron chi connectivity index (χ3n) is 10.4. The van der Waals surface area contributed by atoms with Gasteiger partial charge in [0.2, 0.25) is 0 Å². The van der Waals surface area contributed by atoms with Crippen molar-refractivity contribution in [2.24, 2.45) is 5.41 Å². The van der Waals surface area contributed by atoms with Crippen LogP contribution >= 0.6 is 0 Å². The van der Waals surface area contributed by atoms with E-state index < -0.39 is 61.2 Å². The van der Waals surface area contributed by atoms with E-state index in [0.29, 0.717) is 43.9 Å². The van der Waals surface area contributed by atoms with Gasteiger partial charge in [-0.2, -0.15) is 13.2 Å². The van der Waals surface area contributed by atoms with E-state index in [1.54, 1.807) is 0 Å². The van der Waals surface area contributed by atoms with Gasteiger partial charge in [-0.05, 0) is 53.7 Å². The molecule has 1 aromatic carbocycles. The lowest BCUT2D eigenvalue weighted by Crippen LogP contribution is -2.46. The number of alkyl halides is 3. The molecular formula is C35H47F4NO5Si. The predicted molar refractivity (Wildman–Crippen MR) is 168 cm³/mol. The predicted octanol–water partition coefficient (Wildman–Crippen LogP) is 9.59. The first-order valence-corrected chi connectivity index (χ1v) is 19.1. The van der Waals surface area contributed by atoms with Crippen molar-refractivity contribution in [3.05, 3.63) is 63.2 Å². The molecule has 1 saturated heterocycles. The number of pyridine rings is 1. The minimum atomic E-state index is -4.82. The van der Waals surface area contributed by atoms with E-state index in [1.807, 2.05) is 13.8 Å². The second-order valence-corrected chi connectivity index (χ2v) is 20.4. The van der Waals surface area contributed by atoms with Gasteiger partial charge in [-0.15, -0.1) is 0 Å². The summed E-state index contributed by atoms with van der Waals surface area (Å²) in [6, 6.07) is 3.02. The summed E-state index contributed by atoms with van der Waals surface area (Å²) in [6.45, 7) is 21.2. The lowest BCUT2D eigenvalue weighted by molar-refractivity contribution is -0.156. The Labute approximate surface area is 270 Å². The van der Waals surface area contributed by atoms with E-state index in [0.717, 1.165) is 28.8 Å². The normalized spacial score (nSPS) is 24.2. The number of hydrogen-bond donors (Lipinski definition) is 0. The van der Waals surface area contributed by atoms with Crippen LogP contribution in [0.3, 0.4) is 0 Å². The Balaban J connectivity index is 1.85. The topological polar surface area (TPSA) is 66.9 Å². The van der Waals surface area contributed by atoms with E-state index in [9.17, 15) is 18.0 Å². The maximum atomic E-state index is 15.1. The van der Waals surface area contributed by atoms with Crippen molar-refractivity contribution in [2.45, 2.75) is 129 Å². The maximum absolute atomic E-state index is 15.1. The molecule has 1 fully saturated rings. The van der Waals surface area contributed by atoms with Crippen molar-refractivity contribution in [3.63, 3.8) is 0 Å². The Morgan fingerprint density at radius 2 is 1.72 bits per heavy atom. The Bertz CT molecular complexity index is 1510. The fourth-order valence-electron chi connectivity index (χ4n) is 7.02. The summed E-state index contributed by atoms with van der Waals surface area (Å²) in [6.07, 6.45) is -5.24. The first-order valence-electron chi connectivity index (χ1n) is 16.1. The van der Waals surface area contributed by atoms with E-state index >= 15 is 4.39 Å². The zero-order valence-electron chi connectivity index (χ0n) is 28.6. The molecule has 46 heavy (non-hydrogen) atoms. The minimum absolute atomic E-state index is 0.105. The first-order chi connectivity index (χ1) is 21.1. The van der Waals surface area contributed by atoms with E-state index in [1.165, 1.54) is 13.0 Å². The highest BCUT2D eigenvalue weighted by atomic mass is 28.4. The number of aromatic nitrogens is 1. The summed E-state index contributed by atoms with van der Waals surface area (Å²) < 4.78 is 81.8.